The van der Waals surface area contributed by atoms with E-state index in [2.05, 4.69) is 0 Å². The molecular weight excluding hydrogens is 274 g/mol. The molecule has 21 heavy (non-hydrogen) atoms. The fraction of sp³-hybridized carbons (Fsp3) is 0.533. The van der Waals surface area contributed by atoms with Gasteiger partial charge in [0, 0.05) is 19.5 Å². The van der Waals surface area contributed by atoms with Gasteiger partial charge in [-0.25, -0.2) is 0 Å². The third-order valence-corrected chi connectivity index (χ3v) is 3.45. The van der Waals surface area contributed by atoms with Gasteiger partial charge in [0.05, 0.1) is 12.7 Å². The lowest BCUT2D eigenvalue weighted by Gasteiger charge is -2.21. The Morgan fingerprint density at radius 3 is 2.62 bits per heavy atom. The smallest absolute Gasteiger partial charge is 0.321 e. The van der Waals surface area contributed by atoms with Crippen LogP contribution in [0, 0.1) is 0 Å². The van der Waals surface area contributed by atoms with Crippen molar-refractivity contribution >= 4 is 5.97 Å². The molecule has 1 aromatic rings. The number of carboxylic acid groups (broad SMARTS) is 1. The number of carbonyl (C=O) groups is 1. The van der Waals surface area contributed by atoms with E-state index in [0.717, 1.165) is 0 Å². The zero-order valence-electron chi connectivity index (χ0n) is 12.1. The highest BCUT2D eigenvalue weighted by Gasteiger charge is 2.35. The Kier molecular flexibility index (Phi) is 5.41. The van der Waals surface area contributed by atoms with Crippen LogP contribution in [0.15, 0.2) is 24.3 Å². The predicted molar refractivity (Wildman–Crippen MR) is 76.7 cm³/mol. The molecule has 1 heterocycles. The third kappa shape index (κ3) is 4.09. The number of para-hydroxylation sites is 2. The first kappa shape index (κ1) is 15.6. The van der Waals surface area contributed by atoms with E-state index in [-0.39, 0.29) is 6.42 Å². The molecule has 1 saturated heterocycles. The second kappa shape index (κ2) is 7.28. The van der Waals surface area contributed by atoms with Crippen molar-refractivity contribution in [3.05, 3.63) is 24.3 Å². The van der Waals surface area contributed by atoms with Gasteiger partial charge in [0.25, 0.3) is 0 Å². The monoisotopic (exact) mass is 295 g/mol. The highest BCUT2D eigenvalue weighted by molar-refractivity contribution is 5.74. The molecule has 0 bridgehead atoms. The number of carboxylic acids is 1. The number of aliphatic hydroxyl groups excluding tert-OH is 1. The van der Waals surface area contributed by atoms with E-state index in [1.165, 1.54) is 0 Å². The quantitative estimate of drug-likeness (QED) is 0.781. The van der Waals surface area contributed by atoms with Gasteiger partial charge >= 0.3 is 5.97 Å². The standard InChI is InChI=1S/C15H21NO5/c1-2-20-13-5-3-4-6-14(13)21-8-7-16-10-11(17)9-12(16)15(18)19/h3-6,11-12,17H,2,7-10H2,1H3,(H,18,19). The van der Waals surface area contributed by atoms with E-state index in [1.807, 2.05) is 31.2 Å². The number of aliphatic hydroxyl groups is 1. The summed E-state index contributed by atoms with van der Waals surface area (Å²) in [5, 5.41) is 18.7. The summed E-state index contributed by atoms with van der Waals surface area (Å²) in [5.74, 6) is 0.420. The minimum absolute atomic E-state index is 0.269. The van der Waals surface area contributed by atoms with Gasteiger partial charge in [0.2, 0.25) is 0 Å². The van der Waals surface area contributed by atoms with Gasteiger partial charge in [0.15, 0.2) is 11.5 Å². The van der Waals surface area contributed by atoms with Crippen molar-refractivity contribution in [2.24, 2.45) is 0 Å². The topological polar surface area (TPSA) is 79.2 Å². The van der Waals surface area contributed by atoms with Gasteiger partial charge < -0.3 is 19.7 Å². The van der Waals surface area contributed by atoms with Gasteiger partial charge in [-0.1, -0.05) is 12.1 Å². The van der Waals surface area contributed by atoms with E-state index in [0.29, 0.717) is 37.8 Å². The lowest BCUT2D eigenvalue weighted by Crippen LogP contribution is -2.38. The van der Waals surface area contributed by atoms with E-state index >= 15 is 0 Å². The summed E-state index contributed by atoms with van der Waals surface area (Å²) in [6.07, 6.45) is -0.313. The van der Waals surface area contributed by atoms with Gasteiger partial charge in [0.1, 0.15) is 12.6 Å². The Morgan fingerprint density at radius 2 is 2.00 bits per heavy atom. The van der Waals surface area contributed by atoms with Crippen molar-refractivity contribution in [3.8, 4) is 11.5 Å². The van der Waals surface area contributed by atoms with E-state index < -0.39 is 18.1 Å². The average Bonchev–Trinajstić information content (AvgIpc) is 2.82. The van der Waals surface area contributed by atoms with Crippen LogP contribution in [-0.4, -0.2) is 59.5 Å². The van der Waals surface area contributed by atoms with Crippen LogP contribution in [0.2, 0.25) is 0 Å². The van der Waals surface area contributed by atoms with E-state index in [1.54, 1.807) is 4.90 Å². The number of hydrogen-bond donors (Lipinski definition) is 2. The Hall–Kier alpha value is -1.79. The second-order valence-corrected chi connectivity index (χ2v) is 4.97. The third-order valence-electron chi connectivity index (χ3n) is 3.45. The fourth-order valence-electron chi connectivity index (χ4n) is 2.50. The number of benzene rings is 1. The van der Waals surface area contributed by atoms with Crippen LogP contribution in [0.3, 0.4) is 0 Å². The van der Waals surface area contributed by atoms with Crippen LogP contribution in [0.4, 0.5) is 0 Å². The molecule has 1 aromatic carbocycles. The molecule has 2 N–H and O–H groups in total. The predicted octanol–water partition coefficient (Wildman–Crippen LogP) is 0.984. The van der Waals surface area contributed by atoms with Crippen molar-refractivity contribution in [3.63, 3.8) is 0 Å². The second-order valence-electron chi connectivity index (χ2n) is 4.97. The maximum Gasteiger partial charge on any atom is 0.321 e. The Labute approximate surface area is 123 Å². The van der Waals surface area contributed by atoms with Gasteiger partial charge in [-0.15, -0.1) is 0 Å². The molecule has 1 fully saturated rings. The van der Waals surface area contributed by atoms with Crippen molar-refractivity contribution in [2.45, 2.75) is 25.5 Å². The largest absolute Gasteiger partial charge is 0.490 e. The number of β-amino-alcohol motifs (C(OH)–C–C–N with tert-alkyl or cyclic N) is 1. The van der Waals surface area contributed by atoms with Gasteiger partial charge in [-0.3, -0.25) is 9.69 Å². The first-order chi connectivity index (χ1) is 10.1. The van der Waals surface area contributed by atoms with Gasteiger partial charge in [-0.05, 0) is 19.1 Å². The summed E-state index contributed by atoms with van der Waals surface area (Å²) in [7, 11) is 0. The normalized spacial score (nSPS) is 22.2. The van der Waals surface area contributed by atoms with Crippen LogP contribution in [0.25, 0.3) is 0 Å². The maximum atomic E-state index is 11.1. The van der Waals surface area contributed by atoms with Crippen molar-refractivity contribution < 1.29 is 24.5 Å². The zero-order chi connectivity index (χ0) is 15.2. The molecule has 0 radical (unpaired) electrons. The summed E-state index contributed by atoms with van der Waals surface area (Å²) < 4.78 is 11.1. The van der Waals surface area contributed by atoms with Crippen LogP contribution in [0.5, 0.6) is 11.5 Å². The molecule has 2 unspecified atom stereocenters. The lowest BCUT2D eigenvalue weighted by molar-refractivity contribution is -0.142. The van der Waals surface area contributed by atoms with Crippen LogP contribution in [-0.2, 0) is 4.79 Å². The minimum atomic E-state index is -0.902. The first-order valence-corrected chi connectivity index (χ1v) is 7.11. The molecule has 0 spiro atoms. The molecule has 0 aliphatic carbocycles. The Morgan fingerprint density at radius 1 is 1.33 bits per heavy atom. The summed E-state index contributed by atoms with van der Waals surface area (Å²) in [6, 6.07) is 6.75. The average molecular weight is 295 g/mol. The molecule has 0 aromatic heterocycles. The fourth-order valence-corrected chi connectivity index (χ4v) is 2.50. The molecule has 6 heteroatoms. The number of hydrogen-bond acceptors (Lipinski definition) is 5. The summed E-state index contributed by atoms with van der Waals surface area (Å²) in [4.78, 5) is 12.8. The molecule has 0 amide bonds. The van der Waals surface area contributed by atoms with E-state index in [4.69, 9.17) is 14.6 Å². The number of aliphatic carboxylic acids is 1. The number of nitrogens with zero attached hydrogens (tertiary/aromatic N) is 1. The highest BCUT2D eigenvalue weighted by Crippen LogP contribution is 2.26. The Balaban J connectivity index is 1.88. The summed E-state index contributed by atoms with van der Waals surface area (Å²) in [6.45, 7) is 3.63. The van der Waals surface area contributed by atoms with Crippen LogP contribution < -0.4 is 9.47 Å². The molecule has 1 aliphatic rings. The van der Waals surface area contributed by atoms with Crippen molar-refractivity contribution in [2.75, 3.05) is 26.3 Å². The first-order valence-electron chi connectivity index (χ1n) is 7.11. The highest BCUT2D eigenvalue weighted by atomic mass is 16.5. The number of ether oxygens (including phenoxy) is 2. The van der Waals surface area contributed by atoms with Crippen molar-refractivity contribution in [1.82, 2.24) is 4.90 Å². The van der Waals surface area contributed by atoms with E-state index in [9.17, 15) is 9.90 Å². The lowest BCUT2D eigenvalue weighted by atomic mass is 10.2. The number of rotatable bonds is 7. The Bertz CT molecular complexity index is 479. The summed E-state index contributed by atoms with van der Waals surface area (Å²) in [5.41, 5.74) is 0. The van der Waals surface area contributed by atoms with Crippen LogP contribution in [0.1, 0.15) is 13.3 Å². The molecule has 6 nitrogen and oxygen atoms in total. The zero-order valence-corrected chi connectivity index (χ0v) is 12.1. The SMILES string of the molecule is CCOc1ccccc1OCCN1CC(O)CC1C(=O)O. The minimum Gasteiger partial charge on any atom is -0.490 e. The molecule has 0 saturated carbocycles. The molecule has 2 rings (SSSR count). The summed E-state index contributed by atoms with van der Waals surface area (Å²) >= 11 is 0. The van der Waals surface area contributed by atoms with Gasteiger partial charge in [-0.2, -0.15) is 0 Å². The number of likely N-dealkylation sites (tertiary alicyclic amines) is 1. The maximum absolute atomic E-state index is 11.1. The van der Waals surface area contributed by atoms with Crippen LogP contribution >= 0.6 is 0 Å². The van der Waals surface area contributed by atoms with Crippen molar-refractivity contribution in [1.29, 1.82) is 0 Å². The molecule has 2 atom stereocenters. The molecule has 1 aliphatic heterocycles. The molecule has 116 valence electrons. The molecular formula is C15H21NO5.